The van der Waals surface area contributed by atoms with Crippen LogP contribution >= 0.6 is 11.6 Å². The number of cyclic esters (lactones) is 2. The molecule has 2 amide bonds. The number of hydrogen-bond donors (Lipinski definition) is 4. The van der Waals surface area contributed by atoms with E-state index in [-0.39, 0.29) is 51.1 Å². The maximum Gasteiger partial charge on any atom is 0.347 e. The number of ether oxygens (including phenoxy) is 3. The van der Waals surface area contributed by atoms with E-state index in [9.17, 15) is 29.4 Å². The highest BCUT2D eigenvalue weighted by molar-refractivity contribution is 6.32. The monoisotopic (exact) mass is 741 g/mol. The number of amides is 2. The second-order valence-electron chi connectivity index (χ2n) is 13.1. The molecule has 2 aromatic rings. The van der Waals surface area contributed by atoms with Gasteiger partial charge >= 0.3 is 11.9 Å². The fraction of sp³-hybridized carbons (Fsp3) is 0.514. The molecule has 15 heteroatoms. The molecule has 0 fully saturated rings. The first kappa shape index (κ1) is 41.8. The lowest BCUT2D eigenvalue weighted by molar-refractivity contribution is -0.179. The highest BCUT2D eigenvalue weighted by atomic mass is 35.5. The van der Waals surface area contributed by atoms with E-state index in [1.165, 1.54) is 19.3 Å². The number of azide groups is 1. The molecule has 282 valence electrons. The average molecular weight is 742 g/mol. The molecule has 3 rings (SSSR count). The minimum Gasteiger partial charge on any atom is -0.495 e. The third kappa shape index (κ3) is 12.9. The second-order valence-corrected chi connectivity index (χ2v) is 13.6. The molecule has 0 spiro atoms. The van der Waals surface area contributed by atoms with Gasteiger partial charge in [0.1, 0.15) is 24.0 Å². The number of nitrogens with zero attached hydrogens (tertiary/aromatic N) is 3. The van der Waals surface area contributed by atoms with Gasteiger partial charge in [-0.3, -0.25) is 14.4 Å². The van der Waals surface area contributed by atoms with Crippen molar-refractivity contribution in [3.8, 4) is 5.75 Å². The van der Waals surface area contributed by atoms with Gasteiger partial charge in [0.15, 0.2) is 6.10 Å². The summed E-state index contributed by atoms with van der Waals surface area (Å²) in [4.78, 5) is 56.9. The van der Waals surface area contributed by atoms with Crippen LogP contribution in [-0.2, 0) is 35.1 Å². The quantitative estimate of drug-likeness (QED) is 0.0732. The zero-order valence-electron chi connectivity index (χ0n) is 29.8. The molecular weight excluding hydrogens is 694 g/mol. The van der Waals surface area contributed by atoms with Gasteiger partial charge in [-0.25, -0.2) is 4.79 Å². The van der Waals surface area contributed by atoms with Crippen molar-refractivity contribution in [2.75, 3.05) is 20.2 Å². The number of halogens is 1. The number of rotatable bonds is 13. The highest BCUT2D eigenvalue weighted by Crippen LogP contribution is 2.28. The van der Waals surface area contributed by atoms with E-state index >= 15 is 0 Å². The van der Waals surface area contributed by atoms with E-state index in [1.807, 2.05) is 13.8 Å². The Bertz CT molecular complexity index is 1580. The SMILES string of the molecule is COc1ccc(C[C@H]2NC(=O)/C=C/C[C@@H]([C@H](C)[C@@H](O)[C@H](O)c3ccccc3)OC(=O)[C@H](CC(C)C)OC(=O)[C@@H](CCCN=[N+]=[N-])CNC2=O)cc1Cl. The van der Waals surface area contributed by atoms with Gasteiger partial charge in [0.2, 0.25) is 11.8 Å². The highest BCUT2D eigenvalue weighted by Gasteiger charge is 2.36. The van der Waals surface area contributed by atoms with Crippen molar-refractivity contribution >= 4 is 35.4 Å². The standard InChI is InChI=1S/C37H48ClN5O9/c1-22(2)18-31-37(49)51-29(23(3)33(45)34(46)25-10-6-5-7-11-25)13-8-14-32(44)42-28(20-24-15-16-30(50-4)27(38)19-24)35(47)40-21-26(36(48)52-31)12-9-17-41-43-39/h5-8,10-11,14-16,19,22-23,26,28-29,31,33-34,45-46H,9,12-13,17-18,20-21H2,1-4H3,(H,40,47)(H,42,44)/b14-8+/t23-,26-,28+,29-,31-,33+,34+/m0/s1. The number of nitrogens with one attached hydrogen (secondary N) is 2. The summed E-state index contributed by atoms with van der Waals surface area (Å²) in [7, 11) is 1.47. The number of benzene rings is 2. The third-order valence-corrected chi connectivity index (χ3v) is 9.02. The first-order valence-corrected chi connectivity index (χ1v) is 17.6. The molecule has 0 aliphatic carbocycles. The van der Waals surface area contributed by atoms with Crippen LogP contribution in [0.4, 0.5) is 0 Å². The van der Waals surface area contributed by atoms with E-state index in [0.717, 1.165) is 0 Å². The summed E-state index contributed by atoms with van der Waals surface area (Å²) in [5.74, 6) is -4.32. The summed E-state index contributed by atoms with van der Waals surface area (Å²) >= 11 is 6.32. The van der Waals surface area contributed by atoms with Crippen molar-refractivity contribution in [2.45, 2.75) is 83.3 Å². The molecule has 7 atom stereocenters. The maximum atomic E-state index is 13.7. The molecule has 1 heterocycles. The van der Waals surface area contributed by atoms with E-state index in [0.29, 0.717) is 21.9 Å². The molecular formula is C37H48ClN5O9. The molecule has 0 unspecified atom stereocenters. The largest absolute Gasteiger partial charge is 0.495 e. The summed E-state index contributed by atoms with van der Waals surface area (Å²) < 4.78 is 16.9. The summed E-state index contributed by atoms with van der Waals surface area (Å²) in [5, 5.41) is 31.4. The Morgan fingerprint density at radius 3 is 2.44 bits per heavy atom. The molecule has 0 saturated heterocycles. The van der Waals surface area contributed by atoms with Crippen molar-refractivity contribution in [2.24, 2.45) is 22.9 Å². The Hall–Kier alpha value is -4.62. The molecule has 4 N–H and O–H groups in total. The number of carbonyl (C=O) groups excluding carboxylic acids is 4. The number of carbonyl (C=O) groups is 4. The van der Waals surface area contributed by atoms with Crippen LogP contribution in [0.2, 0.25) is 5.02 Å². The predicted octanol–water partition coefficient (Wildman–Crippen LogP) is 4.76. The molecule has 14 nitrogen and oxygen atoms in total. The van der Waals surface area contributed by atoms with Crippen LogP contribution in [0.3, 0.4) is 0 Å². The van der Waals surface area contributed by atoms with Gasteiger partial charge in [0.05, 0.1) is 24.2 Å². The first-order chi connectivity index (χ1) is 24.8. The van der Waals surface area contributed by atoms with Crippen LogP contribution in [0.25, 0.3) is 10.4 Å². The number of aliphatic hydroxyl groups excluding tert-OH is 2. The molecule has 0 aromatic heterocycles. The van der Waals surface area contributed by atoms with Crippen LogP contribution in [0, 0.1) is 17.8 Å². The Morgan fingerprint density at radius 1 is 1.06 bits per heavy atom. The van der Waals surface area contributed by atoms with Gasteiger partial charge in [-0.05, 0) is 60.0 Å². The zero-order chi connectivity index (χ0) is 38.2. The molecule has 2 aromatic carbocycles. The molecule has 0 radical (unpaired) electrons. The zero-order valence-corrected chi connectivity index (χ0v) is 30.6. The van der Waals surface area contributed by atoms with E-state index in [1.54, 1.807) is 55.5 Å². The lowest BCUT2D eigenvalue weighted by Crippen LogP contribution is -2.49. The summed E-state index contributed by atoms with van der Waals surface area (Å²) in [6.07, 6.45) is -1.92. The number of hydrogen-bond acceptors (Lipinski definition) is 10. The number of aliphatic hydroxyl groups is 2. The molecule has 52 heavy (non-hydrogen) atoms. The summed E-state index contributed by atoms with van der Waals surface area (Å²) in [6.45, 7) is 5.17. The number of methoxy groups -OCH3 is 1. The van der Waals surface area contributed by atoms with Gasteiger partial charge in [-0.2, -0.15) is 0 Å². The fourth-order valence-corrected chi connectivity index (χ4v) is 6.00. The van der Waals surface area contributed by atoms with Crippen LogP contribution < -0.4 is 15.4 Å². The number of esters is 2. The van der Waals surface area contributed by atoms with Crippen molar-refractivity contribution in [1.82, 2.24) is 10.6 Å². The first-order valence-electron chi connectivity index (χ1n) is 17.2. The van der Waals surface area contributed by atoms with Gasteiger partial charge < -0.3 is 35.1 Å². The Morgan fingerprint density at radius 2 is 1.79 bits per heavy atom. The Balaban J connectivity index is 1.99. The van der Waals surface area contributed by atoms with E-state index in [4.69, 9.17) is 31.3 Å². The van der Waals surface area contributed by atoms with Crippen molar-refractivity contribution < 1.29 is 43.6 Å². The van der Waals surface area contributed by atoms with Gasteiger partial charge in [0.25, 0.3) is 0 Å². The average Bonchev–Trinajstić information content (AvgIpc) is 3.12. The normalized spacial score (nSPS) is 22.8. The molecule has 0 bridgehead atoms. The van der Waals surface area contributed by atoms with Gasteiger partial charge in [-0.1, -0.05) is 80.0 Å². The lowest BCUT2D eigenvalue weighted by Gasteiger charge is -2.31. The van der Waals surface area contributed by atoms with E-state index in [2.05, 4.69) is 20.7 Å². The van der Waals surface area contributed by atoms with Crippen LogP contribution in [0.5, 0.6) is 5.75 Å². The molecule has 0 saturated carbocycles. The van der Waals surface area contributed by atoms with Crippen LogP contribution in [-0.4, -0.2) is 78.5 Å². The minimum atomic E-state index is -1.39. The smallest absolute Gasteiger partial charge is 0.347 e. The van der Waals surface area contributed by atoms with Crippen molar-refractivity contribution in [3.05, 3.63) is 87.3 Å². The predicted molar refractivity (Wildman–Crippen MR) is 193 cm³/mol. The van der Waals surface area contributed by atoms with Gasteiger partial charge in [0, 0.05) is 36.8 Å². The van der Waals surface area contributed by atoms with Crippen LogP contribution in [0.15, 0.2) is 65.8 Å². The third-order valence-electron chi connectivity index (χ3n) is 8.72. The van der Waals surface area contributed by atoms with E-state index < -0.39 is 66.0 Å². The Kier molecular flexibility index (Phi) is 16.9. The summed E-state index contributed by atoms with van der Waals surface area (Å²) in [6, 6.07) is 12.4. The van der Waals surface area contributed by atoms with Crippen molar-refractivity contribution in [1.29, 1.82) is 0 Å². The minimum absolute atomic E-state index is 0.0401. The lowest BCUT2D eigenvalue weighted by atomic mass is 9.89. The van der Waals surface area contributed by atoms with Crippen LogP contribution in [0.1, 0.15) is 63.7 Å². The maximum absolute atomic E-state index is 13.7. The molecule has 1 aliphatic rings. The summed E-state index contributed by atoms with van der Waals surface area (Å²) in [5.41, 5.74) is 9.79. The van der Waals surface area contributed by atoms with Crippen molar-refractivity contribution in [3.63, 3.8) is 0 Å². The van der Waals surface area contributed by atoms with Gasteiger partial charge in [-0.15, -0.1) is 0 Å². The fourth-order valence-electron chi connectivity index (χ4n) is 5.72. The Labute approximate surface area is 308 Å². The molecule has 1 aliphatic heterocycles. The topological polar surface area (TPSA) is 209 Å². The second kappa shape index (κ2) is 21.0.